The second-order valence-corrected chi connectivity index (χ2v) is 7.13. The standard InChI is InChI=1S/C15H17FN4O2S/c16-13-6-2-1-5-12(13)11-23(21,22)19-14-9-17-10-15(18-14)20-7-3-4-8-20/h1-2,5-6,9-10H,3-4,7-8,11H2,(H,18,19). The molecular formula is C15H17FN4O2S. The van der Waals surface area contributed by atoms with Gasteiger partial charge in [-0.3, -0.25) is 9.71 Å². The van der Waals surface area contributed by atoms with E-state index in [0.29, 0.717) is 5.82 Å². The van der Waals surface area contributed by atoms with Crippen molar-refractivity contribution in [3.8, 4) is 0 Å². The SMILES string of the molecule is O=S(=O)(Cc1ccccc1F)Nc1cncc(N2CCCC2)n1. The lowest BCUT2D eigenvalue weighted by Crippen LogP contribution is -2.21. The van der Waals surface area contributed by atoms with Crippen molar-refractivity contribution in [1.29, 1.82) is 0 Å². The van der Waals surface area contributed by atoms with Gasteiger partial charge in [-0.05, 0) is 18.9 Å². The Hall–Kier alpha value is -2.22. The summed E-state index contributed by atoms with van der Waals surface area (Å²) >= 11 is 0. The Morgan fingerprint density at radius 3 is 2.65 bits per heavy atom. The second-order valence-electron chi connectivity index (χ2n) is 5.41. The molecule has 1 fully saturated rings. The van der Waals surface area contributed by atoms with Crippen LogP contribution in [0.2, 0.25) is 0 Å². The summed E-state index contributed by atoms with van der Waals surface area (Å²) in [6.45, 7) is 1.78. The highest BCUT2D eigenvalue weighted by Gasteiger charge is 2.18. The fourth-order valence-electron chi connectivity index (χ4n) is 2.52. The van der Waals surface area contributed by atoms with E-state index in [0.717, 1.165) is 25.9 Å². The molecule has 0 amide bonds. The van der Waals surface area contributed by atoms with Crippen molar-refractivity contribution in [1.82, 2.24) is 9.97 Å². The molecule has 0 aliphatic carbocycles. The lowest BCUT2D eigenvalue weighted by atomic mass is 10.2. The molecular weight excluding hydrogens is 319 g/mol. The first-order chi connectivity index (χ1) is 11.0. The number of sulfonamides is 1. The summed E-state index contributed by atoms with van der Waals surface area (Å²) in [5.41, 5.74) is 0.114. The van der Waals surface area contributed by atoms with Crippen LogP contribution in [0, 0.1) is 5.82 Å². The van der Waals surface area contributed by atoms with Crippen LogP contribution in [-0.2, 0) is 15.8 Å². The average Bonchev–Trinajstić information content (AvgIpc) is 3.03. The van der Waals surface area contributed by atoms with Crippen molar-refractivity contribution >= 4 is 21.7 Å². The maximum absolute atomic E-state index is 13.6. The summed E-state index contributed by atoms with van der Waals surface area (Å²) in [6.07, 6.45) is 5.13. The van der Waals surface area contributed by atoms with Gasteiger partial charge in [-0.2, -0.15) is 0 Å². The highest BCUT2D eigenvalue weighted by molar-refractivity contribution is 7.91. The van der Waals surface area contributed by atoms with E-state index in [2.05, 4.69) is 19.6 Å². The van der Waals surface area contributed by atoms with Gasteiger partial charge in [0.2, 0.25) is 10.0 Å². The molecule has 1 aliphatic heterocycles. The highest BCUT2D eigenvalue weighted by Crippen LogP contribution is 2.19. The number of rotatable bonds is 5. The van der Waals surface area contributed by atoms with Crippen molar-refractivity contribution < 1.29 is 12.8 Å². The maximum Gasteiger partial charge on any atom is 0.238 e. The summed E-state index contributed by atoms with van der Waals surface area (Å²) in [4.78, 5) is 10.4. The van der Waals surface area contributed by atoms with E-state index in [-0.39, 0.29) is 11.4 Å². The van der Waals surface area contributed by atoms with Gasteiger partial charge in [-0.1, -0.05) is 18.2 Å². The van der Waals surface area contributed by atoms with Gasteiger partial charge < -0.3 is 4.90 Å². The van der Waals surface area contributed by atoms with Gasteiger partial charge in [0.05, 0.1) is 18.1 Å². The zero-order valence-corrected chi connectivity index (χ0v) is 13.3. The number of anilines is 2. The molecule has 0 radical (unpaired) electrons. The number of aromatic nitrogens is 2. The Bertz CT molecular complexity index is 792. The van der Waals surface area contributed by atoms with Gasteiger partial charge in [-0.15, -0.1) is 0 Å². The fourth-order valence-corrected chi connectivity index (χ4v) is 3.65. The van der Waals surface area contributed by atoms with E-state index < -0.39 is 21.6 Å². The molecule has 1 saturated heterocycles. The van der Waals surface area contributed by atoms with Gasteiger partial charge >= 0.3 is 0 Å². The van der Waals surface area contributed by atoms with Crippen LogP contribution in [0.25, 0.3) is 0 Å². The zero-order chi connectivity index (χ0) is 16.3. The minimum absolute atomic E-state index is 0.114. The Morgan fingerprint density at radius 1 is 1.17 bits per heavy atom. The summed E-state index contributed by atoms with van der Waals surface area (Å²) in [5, 5.41) is 0. The number of nitrogens with one attached hydrogen (secondary N) is 1. The van der Waals surface area contributed by atoms with Crippen LogP contribution >= 0.6 is 0 Å². The summed E-state index contributed by atoms with van der Waals surface area (Å²) in [5.74, 6) is -0.205. The minimum Gasteiger partial charge on any atom is -0.355 e. The lowest BCUT2D eigenvalue weighted by molar-refractivity contribution is 0.591. The molecule has 8 heteroatoms. The van der Waals surface area contributed by atoms with Crippen LogP contribution in [0.5, 0.6) is 0 Å². The monoisotopic (exact) mass is 336 g/mol. The molecule has 2 heterocycles. The third kappa shape index (κ3) is 3.95. The molecule has 0 bridgehead atoms. The summed E-state index contributed by atoms with van der Waals surface area (Å²) < 4.78 is 40.4. The van der Waals surface area contributed by atoms with Crippen LogP contribution in [0.4, 0.5) is 16.0 Å². The largest absolute Gasteiger partial charge is 0.355 e. The number of halogens is 1. The van der Waals surface area contributed by atoms with Crippen molar-refractivity contribution in [3.63, 3.8) is 0 Å². The summed E-state index contributed by atoms with van der Waals surface area (Å²) in [6, 6.07) is 5.80. The molecule has 1 aromatic heterocycles. The molecule has 122 valence electrons. The first-order valence-electron chi connectivity index (χ1n) is 7.34. The quantitative estimate of drug-likeness (QED) is 0.905. The van der Waals surface area contributed by atoms with Crippen molar-refractivity contribution in [2.24, 2.45) is 0 Å². The van der Waals surface area contributed by atoms with E-state index in [9.17, 15) is 12.8 Å². The summed E-state index contributed by atoms with van der Waals surface area (Å²) in [7, 11) is -3.76. The third-order valence-corrected chi connectivity index (χ3v) is 4.83. The number of hydrogen-bond donors (Lipinski definition) is 1. The average molecular weight is 336 g/mol. The second kappa shape index (κ2) is 6.49. The molecule has 0 saturated carbocycles. The molecule has 6 nitrogen and oxygen atoms in total. The highest BCUT2D eigenvalue weighted by atomic mass is 32.2. The van der Waals surface area contributed by atoms with Crippen LogP contribution in [-0.4, -0.2) is 31.5 Å². The number of hydrogen-bond acceptors (Lipinski definition) is 5. The Morgan fingerprint density at radius 2 is 1.91 bits per heavy atom. The van der Waals surface area contributed by atoms with E-state index in [1.165, 1.54) is 24.4 Å². The first-order valence-corrected chi connectivity index (χ1v) is 9.00. The maximum atomic E-state index is 13.6. The predicted octanol–water partition coefficient (Wildman–Crippen LogP) is 2.16. The first kappa shape index (κ1) is 15.7. The van der Waals surface area contributed by atoms with Crippen LogP contribution in [0.3, 0.4) is 0 Å². The molecule has 1 aromatic carbocycles. The van der Waals surface area contributed by atoms with E-state index >= 15 is 0 Å². The van der Waals surface area contributed by atoms with Crippen molar-refractivity contribution in [2.45, 2.75) is 18.6 Å². The zero-order valence-electron chi connectivity index (χ0n) is 12.4. The minimum atomic E-state index is -3.76. The molecule has 3 rings (SSSR count). The van der Waals surface area contributed by atoms with E-state index in [1.54, 1.807) is 12.3 Å². The van der Waals surface area contributed by atoms with Crippen LogP contribution in [0.1, 0.15) is 18.4 Å². The molecule has 0 spiro atoms. The Labute approximate surface area is 134 Å². The predicted molar refractivity (Wildman–Crippen MR) is 86.1 cm³/mol. The molecule has 1 N–H and O–H groups in total. The van der Waals surface area contributed by atoms with Crippen molar-refractivity contribution in [3.05, 3.63) is 48.0 Å². The van der Waals surface area contributed by atoms with Gasteiger partial charge in [0.15, 0.2) is 5.82 Å². The number of benzene rings is 1. The molecule has 0 unspecified atom stereocenters. The Kier molecular flexibility index (Phi) is 4.42. The molecule has 0 atom stereocenters. The van der Waals surface area contributed by atoms with E-state index in [4.69, 9.17) is 0 Å². The smallest absolute Gasteiger partial charge is 0.238 e. The molecule has 2 aromatic rings. The molecule has 23 heavy (non-hydrogen) atoms. The lowest BCUT2D eigenvalue weighted by Gasteiger charge is -2.16. The topological polar surface area (TPSA) is 75.2 Å². The Balaban J connectivity index is 1.75. The van der Waals surface area contributed by atoms with Crippen LogP contribution in [0.15, 0.2) is 36.7 Å². The van der Waals surface area contributed by atoms with Gasteiger partial charge in [0.25, 0.3) is 0 Å². The third-order valence-electron chi connectivity index (χ3n) is 3.62. The van der Waals surface area contributed by atoms with Crippen molar-refractivity contribution in [2.75, 3.05) is 22.7 Å². The fraction of sp³-hybridized carbons (Fsp3) is 0.333. The van der Waals surface area contributed by atoms with Crippen LogP contribution < -0.4 is 9.62 Å². The van der Waals surface area contributed by atoms with Gasteiger partial charge in [0, 0.05) is 18.7 Å². The van der Waals surface area contributed by atoms with Gasteiger partial charge in [-0.25, -0.2) is 17.8 Å². The van der Waals surface area contributed by atoms with Gasteiger partial charge in [0.1, 0.15) is 11.6 Å². The molecule has 1 aliphatic rings. The normalized spacial score (nSPS) is 14.9. The number of nitrogens with zero attached hydrogens (tertiary/aromatic N) is 3. The van der Waals surface area contributed by atoms with E-state index in [1.807, 2.05) is 0 Å².